The van der Waals surface area contributed by atoms with Gasteiger partial charge in [-0.2, -0.15) is 0 Å². The van der Waals surface area contributed by atoms with Crippen molar-refractivity contribution < 1.29 is 23.9 Å². The van der Waals surface area contributed by atoms with Gasteiger partial charge in [0.15, 0.2) is 0 Å². The number of thioether (sulfide) groups is 1. The third-order valence-corrected chi connectivity index (χ3v) is 11.1. The summed E-state index contributed by atoms with van der Waals surface area (Å²) in [4.78, 5) is 68.5. The maximum Gasteiger partial charge on any atom is 0.338 e. The molecule has 3 atom stereocenters. The number of hydrogen-bond donors (Lipinski definition) is 1. The standard InChI is InChI=1S/C35H26ClN3O6S2/c1-2-45-34(43)21-10-15-25(16-11-21)39-31(41)28-27(20-7-12-23(36)13-8-20)30-33(46-29(28)32(39)42)38(35(44)47-30)18-26(40)37-24-14-9-19-5-3-4-6-22(19)17-24/h3-17,27-29H,2,18H2,1H3,(H,37,40)/t27-,28?,29?/m1/s1. The molecule has 4 aromatic carbocycles. The van der Waals surface area contributed by atoms with Gasteiger partial charge in [0.2, 0.25) is 17.7 Å². The maximum absolute atomic E-state index is 14.1. The van der Waals surface area contributed by atoms with Gasteiger partial charge in [-0.1, -0.05) is 77.2 Å². The molecular formula is C35H26ClN3O6S2. The molecule has 2 aliphatic heterocycles. The Hall–Kier alpha value is -4.71. The van der Waals surface area contributed by atoms with E-state index in [9.17, 15) is 24.0 Å². The first-order chi connectivity index (χ1) is 22.7. The van der Waals surface area contributed by atoms with E-state index in [1.807, 2.05) is 36.4 Å². The van der Waals surface area contributed by atoms with Gasteiger partial charge in [0, 0.05) is 21.5 Å². The molecule has 47 heavy (non-hydrogen) atoms. The predicted molar refractivity (Wildman–Crippen MR) is 182 cm³/mol. The van der Waals surface area contributed by atoms with Gasteiger partial charge >= 0.3 is 10.8 Å². The van der Waals surface area contributed by atoms with Crippen molar-refractivity contribution in [2.75, 3.05) is 16.8 Å². The number of benzene rings is 4. The van der Waals surface area contributed by atoms with Crippen LogP contribution in [-0.4, -0.2) is 40.1 Å². The van der Waals surface area contributed by atoms with Gasteiger partial charge in [-0.15, -0.1) is 0 Å². The highest BCUT2D eigenvalue weighted by atomic mass is 35.5. The first-order valence-electron chi connectivity index (χ1n) is 14.8. The number of anilines is 2. The Morgan fingerprint density at radius 2 is 1.62 bits per heavy atom. The molecule has 0 aliphatic carbocycles. The Labute approximate surface area is 282 Å². The summed E-state index contributed by atoms with van der Waals surface area (Å²) >= 11 is 8.30. The summed E-state index contributed by atoms with van der Waals surface area (Å²) in [7, 11) is 0. The fourth-order valence-corrected chi connectivity index (χ4v) is 9.01. The van der Waals surface area contributed by atoms with Crippen molar-refractivity contribution in [3.63, 3.8) is 0 Å². The van der Waals surface area contributed by atoms with Gasteiger partial charge in [-0.05, 0) is 71.8 Å². The quantitative estimate of drug-likeness (QED) is 0.158. The van der Waals surface area contributed by atoms with Crippen LogP contribution in [0.15, 0.2) is 101 Å². The summed E-state index contributed by atoms with van der Waals surface area (Å²) in [6, 6.07) is 26.5. The van der Waals surface area contributed by atoms with E-state index >= 15 is 0 Å². The fraction of sp³-hybridized carbons (Fsp3) is 0.171. The largest absolute Gasteiger partial charge is 0.462 e. The number of carbonyl (C=O) groups is 4. The van der Waals surface area contributed by atoms with Crippen LogP contribution in [0.3, 0.4) is 0 Å². The first kappa shape index (κ1) is 30.9. The maximum atomic E-state index is 14.1. The Bertz CT molecular complexity index is 2130. The fourth-order valence-electron chi connectivity index (χ4n) is 6.11. The lowest BCUT2D eigenvalue weighted by molar-refractivity contribution is -0.122. The number of fused-ring (bicyclic) bond motifs is 3. The Morgan fingerprint density at radius 1 is 0.894 bits per heavy atom. The van der Waals surface area contributed by atoms with E-state index in [1.54, 1.807) is 49.4 Å². The molecule has 1 fully saturated rings. The van der Waals surface area contributed by atoms with E-state index in [2.05, 4.69) is 5.32 Å². The summed E-state index contributed by atoms with van der Waals surface area (Å²) in [5, 5.41) is 5.01. The number of aromatic nitrogens is 1. The van der Waals surface area contributed by atoms with Crippen LogP contribution >= 0.6 is 34.7 Å². The second-order valence-electron chi connectivity index (χ2n) is 11.1. The van der Waals surface area contributed by atoms with Crippen LogP contribution in [0.4, 0.5) is 11.4 Å². The molecule has 1 aromatic heterocycles. The Balaban J connectivity index is 1.23. The predicted octanol–water partition coefficient (Wildman–Crippen LogP) is 6.33. The highest BCUT2D eigenvalue weighted by Gasteiger charge is 2.56. The molecule has 2 aliphatic rings. The van der Waals surface area contributed by atoms with Crippen LogP contribution in [-0.2, 0) is 25.7 Å². The number of ether oxygens (including phenoxy) is 1. The van der Waals surface area contributed by atoms with Crippen molar-refractivity contribution in [1.29, 1.82) is 0 Å². The number of carbonyl (C=O) groups excluding carboxylic acids is 4. The molecule has 1 saturated heterocycles. The number of thiazole rings is 1. The van der Waals surface area contributed by atoms with Gasteiger partial charge in [-0.25, -0.2) is 9.69 Å². The monoisotopic (exact) mass is 683 g/mol. The first-order valence-corrected chi connectivity index (χ1v) is 16.9. The van der Waals surface area contributed by atoms with Crippen molar-refractivity contribution in [3.05, 3.63) is 122 Å². The van der Waals surface area contributed by atoms with Crippen molar-refractivity contribution in [2.24, 2.45) is 5.92 Å². The van der Waals surface area contributed by atoms with E-state index < -0.39 is 40.8 Å². The lowest BCUT2D eigenvalue weighted by atomic mass is 9.83. The second-order valence-corrected chi connectivity index (χ2v) is 13.7. The number of esters is 1. The van der Waals surface area contributed by atoms with Crippen LogP contribution in [0, 0.1) is 5.92 Å². The minimum Gasteiger partial charge on any atom is -0.462 e. The topological polar surface area (TPSA) is 115 Å². The molecule has 12 heteroatoms. The van der Waals surface area contributed by atoms with Crippen molar-refractivity contribution >= 4 is 80.5 Å². The van der Waals surface area contributed by atoms with E-state index in [-0.39, 0.29) is 18.0 Å². The highest BCUT2D eigenvalue weighted by molar-refractivity contribution is 8.00. The van der Waals surface area contributed by atoms with E-state index in [0.717, 1.165) is 44.3 Å². The van der Waals surface area contributed by atoms with Crippen LogP contribution in [0.2, 0.25) is 5.02 Å². The molecule has 0 radical (unpaired) electrons. The van der Waals surface area contributed by atoms with Crippen LogP contribution in [0.5, 0.6) is 0 Å². The minimum absolute atomic E-state index is 0.219. The normalized spacial score (nSPS) is 18.6. The van der Waals surface area contributed by atoms with Crippen LogP contribution in [0.25, 0.3) is 10.8 Å². The molecule has 7 rings (SSSR count). The number of nitrogens with one attached hydrogen (secondary N) is 1. The van der Waals surface area contributed by atoms with Gasteiger partial charge in [0.25, 0.3) is 0 Å². The molecular weight excluding hydrogens is 658 g/mol. The number of amides is 3. The zero-order valence-corrected chi connectivity index (χ0v) is 27.2. The molecule has 3 heterocycles. The average Bonchev–Trinajstić information content (AvgIpc) is 3.51. The summed E-state index contributed by atoms with van der Waals surface area (Å²) in [5.74, 6) is -3.20. The van der Waals surface area contributed by atoms with Crippen LogP contribution < -0.4 is 15.1 Å². The summed E-state index contributed by atoms with van der Waals surface area (Å²) < 4.78 is 6.44. The number of halogens is 1. The highest BCUT2D eigenvalue weighted by Crippen LogP contribution is 2.54. The molecule has 5 aromatic rings. The Kier molecular flexibility index (Phi) is 8.21. The molecule has 1 N–H and O–H groups in total. The lowest BCUT2D eigenvalue weighted by Crippen LogP contribution is -2.33. The molecule has 2 unspecified atom stereocenters. The summed E-state index contributed by atoms with van der Waals surface area (Å²) in [6.07, 6.45) is 0. The molecule has 0 spiro atoms. The summed E-state index contributed by atoms with van der Waals surface area (Å²) in [6.45, 7) is 1.66. The van der Waals surface area contributed by atoms with Crippen molar-refractivity contribution in [2.45, 2.75) is 29.7 Å². The van der Waals surface area contributed by atoms with Gasteiger partial charge < -0.3 is 10.1 Å². The number of hydrogen-bond acceptors (Lipinski definition) is 8. The summed E-state index contributed by atoms with van der Waals surface area (Å²) in [5.41, 5.74) is 1.95. The molecule has 0 bridgehead atoms. The molecule has 236 valence electrons. The zero-order chi connectivity index (χ0) is 32.8. The van der Waals surface area contributed by atoms with E-state index in [4.69, 9.17) is 16.3 Å². The average molecular weight is 684 g/mol. The van der Waals surface area contributed by atoms with Gasteiger partial charge in [0.05, 0.1) is 28.8 Å². The van der Waals surface area contributed by atoms with Crippen molar-refractivity contribution in [3.8, 4) is 0 Å². The Morgan fingerprint density at radius 3 is 2.34 bits per heavy atom. The third kappa shape index (κ3) is 5.64. The molecule has 3 amide bonds. The minimum atomic E-state index is -0.857. The van der Waals surface area contributed by atoms with Gasteiger partial charge in [-0.3, -0.25) is 23.7 Å². The third-order valence-electron chi connectivity index (χ3n) is 8.25. The molecule has 9 nitrogen and oxygen atoms in total. The number of imide groups is 1. The van der Waals surface area contributed by atoms with E-state index in [0.29, 0.717) is 31.9 Å². The van der Waals surface area contributed by atoms with Crippen molar-refractivity contribution in [1.82, 2.24) is 4.57 Å². The number of rotatable bonds is 7. The molecule has 0 saturated carbocycles. The van der Waals surface area contributed by atoms with E-state index in [1.165, 1.54) is 16.7 Å². The smallest absolute Gasteiger partial charge is 0.338 e. The SMILES string of the molecule is CCOC(=O)c1ccc(N2C(=O)C3Sc4c(sc(=O)n4CC(=O)Nc4ccc5ccccc5c4)[C@H](c4ccc(Cl)cc4)C3C2=O)cc1. The number of nitrogens with zero attached hydrogens (tertiary/aromatic N) is 2. The lowest BCUT2D eigenvalue weighted by Gasteiger charge is -2.30. The zero-order valence-electron chi connectivity index (χ0n) is 24.8. The van der Waals surface area contributed by atoms with Gasteiger partial charge in [0.1, 0.15) is 11.8 Å². The second kappa shape index (κ2) is 12.5. The van der Waals surface area contributed by atoms with Crippen LogP contribution in [0.1, 0.15) is 33.6 Å².